The summed E-state index contributed by atoms with van der Waals surface area (Å²) in [4.78, 5) is 0. The van der Waals surface area contributed by atoms with E-state index in [2.05, 4.69) is 12.7 Å². The van der Waals surface area contributed by atoms with E-state index >= 15 is 0 Å². The molecule has 0 saturated heterocycles. The quantitative estimate of drug-likeness (QED) is 0.329. The highest BCUT2D eigenvalue weighted by Crippen LogP contribution is 2.35. The first-order chi connectivity index (χ1) is 16.0. The molecule has 1 aliphatic carbocycles. The van der Waals surface area contributed by atoms with Crippen molar-refractivity contribution in [2.45, 2.75) is 32.6 Å². The van der Waals surface area contributed by atoms with Crippen molar-refractivity contribution in [3.05, 3.63) is 96.3 Å². The summed E-state index contributed by atoms with van der Waals surface area (Å²) in [5.74, 6) is -1.85. The molecule has 1 unspecified atom stereocenters. The predicted molar refractivity (Wildman–Crippen MR) is 128 cm³/mol. The van der Waals surface area contributed by atoms with Gasteiger partial charge < -0.3 is 4.74 Å². The van der Waals surface area contributed by atoms with E-state index < -0.39 is 11.6 Å². The third-order valence-electron chi connectivity index (χ3n) is 6.14. The summed E-state index contributed by atoms with van der Waals surface area (Å²) in [6.45, 7) is 6.07. The van der Waals surface area contributed by atoms with E-state index in [1.54, 1.807) is 36.4 Å². The van der Waals surface area contributed by atoms with Gasteiger partial charge in [0.05, 0.1) is 6.61 Å². The minimum atomic E-state index is -0.997. The van der Waals surface area contributed by atoms with Crippen molar-refractivity contribution in [2.75, 3.05) is 6.61 Å². The topological polar surface area (TPSA) is 9.23 Å². The molecule has 4 heteroatoms. The lowest BCUT2D eigenvalue weighted by molar-refractivity contribution is 0.295. The number of allylic oxidation sites excluding steroid dienone is 3. The van der Waals surface area contributed by atoms with Gasteiger partial charge in [-0.2, -0.15) is 4.39 Å². The molecular weight excluding hydrogens is 421 g/mol. The number of hydrogen-bond donors (Lipinski definition) is 0. The Hall–Kier alpha value is -3.27. The minimum Gasteiger partial charge on any atom is -0.490 e. The van der Waals surface area contributed by atoms with Gasteiger partial charge in [0.25, 0.3) is 0 Å². The molecule has 4 rings (SSSR count). The molecule has 1 aliphatic rings. The van der Waals surface area contributed by atoms with Crippen molar-refractivity contribution in [3.63, 3.8) is 0 Å². The zero-order valence-corrected chi connectivity index (χ0v) is 18.7. The van der Waals surface area contributed by atoms with E-state index in [4.69, 9.17) is 4.74 Å². The van der Waals surface area contributed by atoms with Crippen LogP contribution in [0.5, 0.6) is 5.75 Å². The van der Waals surface area contributed by atoms with Gasteiger partial charge >= 0.3 is 0 Å². The van der Waals surface area contributed by atoms with Crippen LogP contribution < -0.4 is 4.74 Å². The van der Waals surface area contributed by atoms with Crippen LogP contribution in [0.2, 0.25) is 0 Å². The van der Waals surface area contributed by atoms with Crippen LogP contribution in [-0.4, -0.2) is 6.61 Å². The molecule has 0 heterocycles. The Kier molecular flexibility index (Phi) is 7.02. The van der Waals surface area contributed by atoms with Crippen LogP contribution in [0.25, 0.3) is 27.8 Å². The average Bonchev–Trinajstić information content (AvgIpc) is 2.85. The highest BCUT2D eigenvalue weighted by molar-refractivity contribution is 5.74. The van der Waals surface area contributed by atoms with E-state index in [1.807, 2.05) is 19.1 Å². The van der Waals surface area contributed by atoms with E-state index in [0.717, 1.165) is 30.4 Å². The molecule has 1 nitrogen and oxygen atoms in total. The van der Waals surface area contributed by atoms with E-state index in [1.165, 1.54) is 12.1 Å². The van der Waals surface area contributed by atoms with Gasteiger partial charge in [0.1, 0.15) is 5.82 Å². The molecule has 0 aliphatic heterocycles. The Balaban J connectivity index is 1.56. The molecule has 33 heavy (non-hydrogen) atoms. The molecule has 0 spiro atoms. The molecule has 3 aromatic rings. The van der Waals surface area contributed by atoms with E-state index in [9.17, 15) is 13.2 Å². The fourth-order valence-electron chi connectivity index (χ4n) is 4.19. The summed E-state index contributed by atoms with van der Waals surface area (Å²) >= 11 is 0. The minimum absolute atomic E-state index is 0.0926. The first kappa shape index (κ1) is 22.9. The summed E-state index contributed by atoms with van der Waals surface area (Å²) in [7, 11) is 0. The Morgan fingerprint density at radius 3 is 2.18 bits per heavy atom. The lowest BCUT2D eigenvalue weighted by atomic mass is 9.86. The van der Waals surface area contributed by atoms with Gasteiger partial charge in [0, 0.05) is 11.1 Å². The molecule has 1 atom stereocenters. The second-order valence-corrected chi connectivity index (χ2v) is 8.36. The maximum absolute atomic E-state index is 15.0. The van der Waals surface area contributed by atoms with Crippen molar-refractivity contribution in [3.8, 4) is 28.0 Å². The zero-order valence-electron chi connectivity index (χ0n) is 18.7. The molecule has 0 fully saturated rings. The number of ether oxygens (including phenoxy) is 1. The standard InChI is InChI=1S/C29H27F3O/c1-3-17-33-27-16-15-25(28(31)29(27)32)22-11-9-21(10-12-22)24-14-13-23(18-26(24)30)20-7-5-19(4-2)6-8-20/h4,7,9-16,18-19H,2-3,5-6,8,17H2,1H3. The van der Waals surface area contributed by atoms with Crippen molar-refractivity contribution in [1.29, 1.82) is 0 Å². The lowest BCUT2D eigenvalue weighted by Crippen LogP contribution is -2.02. The Labute approximate surface area is 193 Å². The molecule has 0 bridgehead atoms. The van der Waals surface area contributed by atoms with Crippen molar-refractivity contribution in [2.24, 2.45) is 5.92 Å². The summed E-state index contributed by atoms with van der Waals surface area (Å²) in [6, 6.07) is 15.0. The molecule has 0 radical (unpaired) electrons. The first-order valence-electron chi connectivity index (χ1n) is 11.3. The van der Waals surface area contributed by atoms with Gasteiger partial charge in [0.15, 0.2) is 11.6 Å². The van der Waals surface area contributed by atoms with Crippen molar-refractivity contribution in [1.82, 2.24) is 0 Å². The average molecular weight is 449 g/mol. The lowest BCUT2D eigenvalue weighted by Gasteiger charge is -2.19. The van der Waals surface area contributed by atoms with Crippen LogP contribution in [0.3, 0.4) is 0 Å². The van der Waals surface area contributed by atoms with Crippen LogP contribution in [0.15, 0.2) is 73.3 Å². The molecule has 0 N–H and O–H groups in total. The molecule has 0 saturated carbocycles. The van der Waals surface area contributed by atoms with Crippen LogP contribution in [0.4, 0.5) is 13.2 Å². The Morgan fingerprint density at radius 2 is 1.58 bits per heavy atom. The van der Waals surface area contributed by atoms with Gasteiger partial charge in [-0.3, -0.25) is 0 Å². The summed E-state index contributed by atoms with van der Waals surface area (Å²) in [5.41, 5.74) is 3.87. The Morgan fingerprint density at radius 1 is 0.909 bits per heavy atom. The van der Waals surface area contributed by atoms with Gasteiger partial charge in [-0.1, -0.05) is 55.5 Å². The second-order valence-electron chi connectivity index (χ2n) is 8.36. The van der Waals surface area contributed by atoms with E-state index in [0.29, 0.717) is 35.6 Å². The maximum atomic E-state index is 15.0. The first-order valence-corrected chi connectivity index (χ1v) is 11.3. The number of hydrogen-bond acceptors (Lipinski definition) is 1. The van der Waals surface area contributed by atoms with Crippen LogP contribution in [-0.2, 0) is 0 Å². The zero-order chi connectivity index (χ0) is 23.4. The van der Waals surface area contributed by atoms with Gasteiger partial charge in [-0.15, -0.1) is 6.58 Å². The number of halogens is 3. The van der Waals surface area contributed by atoms with Crippen molar-refractivity contribution < 1.29 is 17.9 Å². The second kappa shape index (κ2) is 10.1. The molecule has 170 valence electrons. The van der Waals surface area contributed by atoms with Crippen LogP contribution in [0, 0.1) is 23.4 Å². The largest absolute Gasteiger partial charge is 0.490 e. The molecular formula is C29H27F3O. The monoisotopic (exact) mass is 448 g/mol. The number of rotatable bonds is 7. The third kappa shape index (κ3) is 4.90. The molecule has 0 amide bonds. The molecule has 3 aromatic carbocycles. The summed E-state index contributed by atoms with van der Waals surface area (Å²) in [6.07, 6.45) is 7.74. The fourth-order valence-corrected chi connectivity index (χ4v) is 4.19. The van der Waals surface area contributed by atoms with Crippen LogP contribution in [0.1, 0.15) is 38.2 Å². The van der Waals surface area contributed by atoms with Crippen molar-refractivity contribution >= 4 is 5.57 Å². The predicted octanol–water partition coefficient (Wildman–Crippen LogP) is 8.60. The fraction of sp³-hybridized carbons (Fsp3) is 0.241. The SMILES string of the molecule is C=CC1CC=C(c2ccc(-c3ccc(-c4ccc(OCCC)c(F)c4F)cc3)c(F)c2)CC1. The maximum Gasteiger partial charge on any atom is 0.201 e. The molecule has 0 aromatic heterocycles. The normalized spacial score (nSPS) is 15.8. The highest BCUT2D eigenvalue weighted by Gasteiger charge is 2.17. The number of benzene rings is 3. The van der Waals surface area contributed by atoms with Gasteiger partial charge in [0.2, 0.25) is 5.82 Å². The van der Waals surface area contributed by atoms with Gasteiger partial charge in [-0.05, 0) is 72.1 Å². The highest BCUT2D eigenvalue weighted by atomic mass is 19.2. The third-order valence-corrected chi connectivity index (χ3v) is 6.14. The van der Waals surface area contributed by atoms with Crippen LogP contribution >= 0.6 is 0 Å². The smallest absolute Gasteiger partial charge is 0.201 e. The Bertz CT molecular complexity index is 1180. The van der Waals surface area contributed by atoms with Gasteiger partial charge in [-0.25, -0.2) is 8.78 Å². The van der Waals surface area contributed by atoms with E-state index in [-0.39, 0.29) is 17.1 Å². The summed E-state index contributed by atoms with van der Waals surface area (Å²) in [5, 5.41) is 0. The summed E-state index contributed by atoms with van der Waals surface area (Å²) < 4.78 is 49.1.